The Morgan fingerprint density at radius 2 is 1.88 bits per heavy atom. The summed E-state index contributed by atoms with van der Waals surface area (Å²) in [5.74, 6) is 0. The summed E-state index contributed by atoms with van der Waals surface area (Å²) in [7, 11) is 0. The minimum absolute atomic E-state index is 0.176. The fourth-order valence-electron chi connectivity index (χ4n) is 2.55. The first-order chi connectivity index (χ1) is 12.0. The number of nitrogens with two attached hydrogens (primary N) is 1. The molecule has 2 rings (SSSR count). The lowest BCUT2D eigenvalue weighted by molar-refractivity contribution is 0.0137. The van der Waals surface area contributed by atoms with Crippen LogP contribution < -0.4 is 11.1 Å². The number of hydrogen-bond donors (Lipinski definition) is 4. The van der Waals surface area contributed by atoms with E-state index in [-0.39, 0.29) is 19.6 Å². The molecule has 2 aromatic rings. The summed E-state index contributed by atoms with van der Waals surface area (Å²) in [6.07, 6.45) is -2.54. The van der Waals surface area contributed by atoms with Gasteiger partial charge in [-0.3, -0.25) is 0 Å². The maximum atomic E-state index is 11.6. The number of aliphatic hydroxyl groups excluding tert-OH is 2. The average Bonchev–Trinajstić information content (AvgIpc) is 2.60. The van der Waals surface area contributed by atoms with Gasteiger partial charge in [0.1, 0.15) is 12.7 Å². The van der Waals surface area contributed by atoms with E-state index in [0.717, 1.165) is 11.1 Å². The summed E-state index contributed by atoms with van der Waals surface area (Å²) >= 11 is 0. The van der Waals surface area contributed by atoms with Gasteiger partial charge >= 0.3 is 6.09 Å². The number of ether oxygens (including phenoxy) is 1. The van der Waals surface area contributed by atoms with Crippen molar-refractivity contribution in [2.45, 2.75) is 32.2 Å². The highest BCUT2D eigenvalue weighted by Gasteiger charge is 2.22. The van der Waals surface area contributed by atoms with Crippen LogP contribution in [0.5, 0.6) is 0 Å². The van der Waals surface area contributed by atoms with Gasteiger partial charge in [-0.05, 0) is 30.5 Å². The van der Waals surface area contributed by atoms with Gasteiger partial charge in [-0.25, -0.2) is 4.79 Å². The molecule has 0 saturated carbocycles. The van der Waals surface area contributed by atoms with E-state index in [9.17, 15) is 15.0 Å². The SMILES string of the molecule is Cc1cccc(N)c1C(O)C(O)CCNC(=O)OCc1ccccc1. The maximum Gasteiger partial charge on any atom is 0.407 e. The monoisotopic (exact) mass is 344 g/mol. The van der Waals surface area contributed by atoms with Gasteiger partial charge in [0.15, 0.2) is 0 Å². The number of benzene rings is 2. The van der Waals surface area contributed by atoms with Gasteiger partial charge in [-0.1, -0.05) is 42.5 Å². The van der Waals surface area contributed by atoms with Crippen LogP contribution in [0.15, 0.2) is 48.5 Å². The van der Waals surface area contributed by atoms with Gasteiger partial charge < -0.3 is 26.0 Å². The predicted molar refractivity (Wildman–Crippen MR) is 95.8 cm³/mol. The molecular formula is C19H24N2O4. The van der Waals surface area contributed by atoms with Gasteiger partial charge in [0.25, 0.3) is 0 Å². The lowest BCUT2D eigenvalue weighted by Gasteiger charge is -2.21. The first-order valence-electron chi connectivity index (χ1n) is 8.14. The Kier molecular flexibility index (Phi) is 6.80. The Morgan fingerprint density at radius 1 is 1.16 bits per heavy atom. The van der Waals surface area contributed by atoms with E-state index in [1.807, 2.05) is 43.3 Å². The molecule has 2 atom stereocenters. The van der Waals surface area contributed by atoms with Crippen molar-refractivity contribution in [3.8, 4) is 0 Å². The predicted octanol–water partition coefficient (Wildman–Crippen LogP) is 2.29. The smallest absolute Gasteiger partial charge is 0.407 e. The zero-order valence-corrected chi connectivity index (χ0v) is 14.2. The van der Waals surface area contributed by atoms with Crippen LogP contribution in [0.3, 0.4) is 0 Å². The number of carbonyl (C=O) groups is 1. The normalized spacial score (nSPS) is 13.1. The first-order valence-corrected chi connectivity index (χ1v) is 8.14. The Labute approximate surface area is 147 Å². The van der Waals surface area contributed by atoms with Crippen molar-refractivity contribution in [2.24, 2.45) is 0 Å². The highest BCUT2D eigenvalue weighted by molar-refractivity contribution is 5.67. The number of nitrogens with one attached hydrogen (secondary N) is 1. The largest absolute Gasteiger partial charge is 0.445 e. The van der Waals surface area contributed by atoms with Crippen LogP contribution in [-0.2, 0) is 11.3 Å². The molecule has 0 aliphatic rings. The molecule has 0 saturated heterocycles. The number of hydrogen-bond acceptors (Lipinski definition) is 5. The maximum absolute atomic E-state index is 11.6. The molecule has 0 radical (unpaired) electrons. The molecule has 6 nitrogen and oxygen atoms in total. The summed E-state index contributed by atoms with van der Waals surface area (Å²) in [6.45, 7) is 2.18. The van der Waals surface area contributed by atoms with E-state index in [1.54, 1.807) is 12.1 Å². The molecule has 2 unspecified atom stereocenters. The zero-order chi connectivity index (χ0) is 18.2. The van der Waals surface area contributed by atoms with Crippen LogP contribution in [-0.4, -0.2) is 29.0 Å². The molecule has 0 aliphatic carbocycles. The van der Waals surface area contributed by atoms with E-state index in [1.165, 1.54) is 0 Å². The molecule has 2 aromatic carbocycles. The zero-order valence-electron chi connectivity index (χ0n) is 14.2. The average molecular weight is 344 g/mol. The Hall–Kier alpha value is -2.57. The van der Waals surface area contributed by atoms with E-state index >= 15 is 0 Å². The van der Waals surface area contributed by atoms with Gasteiger partial charge in [0.05, 0.1) is 6.10 Å². The Bertz CT molecular complexity index is 671. The van der Waals surface area contributed by atoms with Crippen molar-refractivity contribution in [3.63, 3.8) is 0 Å². The van der Waals surface area contributed by atoms with Crippen molar-refractivity contribution in [3.05, 3.63) is 65.2 Å². The molecular weight excluding hydrogens is 320 g/mol. The standard InChI is InChI=1S/C19H24N2O4/c1-13-6-5-9-15(20)17(13)18(23)16(22)10-11-21-19(24)25-12-14-7-3-2-4-8-14/h2-9,16,18,22-23H,10-12,20H2,1H3,(H,21,24). The van der Waals surface area contributed by atoms with Gasteiger partial charge in [-0.2, -0.15) is 0 Å². The molecule has 0 fully saturated rings. The number of nitrogen functional groups attached to an aromatic ring is 1. The van der Waals surface area contributed by atoms with Crippen molar-refractivity contribution in [2.75, 3.05) is 12.3 Å². The van der Waals surface area contributed by atoms with Crippen molar-refractivity contribution < 1.29 is 19.7 Å². The van der Waals surface area contributed by atoms with Crippen LogP contribution in [0.2, 0.25) is 0 Å². The van der Waals surface area contributed by atoms with E-state index in [0.29, 0.717) is 11.3 Å². The van der Waals surface area contributed by atoms with Crippen LogP contribution in [0.4, 0.5) is 10.5 Å². The number of aryl methyl sites for hydroxylation is 1. The van der Waals surface area contributed by atoms with Crippen LogP contribution in [0, 0.1) is 6.92 Å². The van der Waals surface area contributed by atoms with E-state index < -0.39 is 18.3 Å². The van der Waals surface area contributed by atoms with Gasteiger partial charge in [0, 0.05) is 17.8 Å². The highest BCUT2D eigenvalue weighted by atomic mass is 16.5. The molecule has 0 aromatic heterocycles. The molecule has 134 valence electrons. The summed E-state index contributed by atoms with van der Waals surface area (Å²) < 4.78 is 5.08. The number of aliphatic hydroxyl groups is 2. The highest BCUT2D eigenvalue weighted by Crippen LogP contribution is 2.27. The third-order valence-electron chi connectivity index (χ3n) is 3.94. The quantitative estimate of drug-likeness (QED) is 0.577. The minimum atomic E-state index is -1.11. The van der Waals surface area contributed by atoms with Crippen molar-refractivity contribution in [1.29, 1.82) is 0 Å². The van der Waals surface area contributed by atoms with Crippen LogP contribution in [0.1, 0.15) is 29.2 Å². The summed E-state index contributed by atoms with van der Waals surface area (Å²) in [5.41, 5.74) is 8.52. The van der Waals surface area contributed by atoms with E-state index in [4.69, 9.17) is 10.5 Å². The van der Waals surface area contributed by atoms with E-state index in [2.05, 4.69) is 5.32 Å². The number of alkyl carbamates (subject to hydrolysis) is 1. The molecule has 1 amide bonds. The number of amides is 1. The molecule has 6 heteroatoms. The van der Waals surface area contributed by atoms with Gasteiger partial charge in [0.2, 0.25) is 0 Å². The second-order valence-corrected chi connectivity index (χ2v) is 5.87. The Balaban J connectivity index is 1.76. The van der Waals surface area contributed by atoms with Crippen LogP contribution in [0.25, 0.3) is 0 Å². The minimum Gasteiger partial charge on any atom is -0.445 e. The fourth-order valence-corrected chi connectivity index (χ4v) is 2.55. The lowest BCUT2D eigenvalue weighted by Crippen LogP contribution is -2.30. The molecule has 5 N–H and O–H groups in total. The third kappa shape index (κ3) is 5.48. The topological polar surface area (TPSA) is 105 Å². The summed E-state index contributed by atoms with van der Waals surface area (Å²) in [5, 5.41) is 23.0. The van der Waals surface area contributed by atoms with Crippen molar-refractivity contribution in [1.82, 2.24) is 5.32 Å². The van der Waals surface area contributed by atoms with Gasteiger partial charge in [-0.15, -0.1) is 0 Å². The number of anilines is 1. The first kappa shape index (κ1) is 18.8. The van der Waals surface area contributed by atoms with Crippen LogP contribution >= 0.6 is 0 Å². The number of rotatable bonds is 7. The lowest BCUT2D eigenvalue weighted by atomic mass is 9.96. The molecule has 0 bridgehead atoms. The summed E-state index contributed by atoms with van der Waals surface area (Å²) in [4.78, 5) is 11.6. The molecule has 0 aliphatic heterocycles. The second-order valence-electron chi connectivity index (χ2n) is 5.87. The molecule has 0 heterocycles. The summed E-state index contributed by atoms with van der Waals surface area (Å²) in [6, 6.07) is 14.6. The molecule has 25 heavy (non-hydrogen) atoms. The molecule has 0 spiro atoms. The Morgan fingerprint density at radius 3 is 2.56 bits per heavy atom. The number of carbonyl (C=O) groups excluding carboxylic acids is 1. The third-order valence-corrected chi connectivity index (χ3v) is 3.94. The fraction of sp³-hybridized carbons (Fsp3) is 0.316. The van der Waals surface area contributed by atoms with Crippen molar-refractivity contribution >= 4 is 11.8 Å². The second kappa shape index (κ2) is 9.05.